The minimum Gasteiger partial charge on any atom is -0.374 e. The Hall–Kier alpha value is -0.770. The van der Waals surface area contributed by atoms with E-state index in [9.17, 15) is 0 Å². The molecular weight excluding hydrogens is 280 g/mol. The fourth-order valence-electron chi connectivity index (χ4n) is 2.50. The van der Waals surface area contributed by atoms with E-state index in [0.717, 1.165) is 35.9 Å². The molecule has 116 valence electrons. The van der Waals surface area contributed by atoms with E-state index < -0.39 is 0 Å². The summed E-state index contributed by atoms with van der Waals surface area (Å²) in [5.74, 6) is 0. The first-order valence-electron chi connectivity index (χ1n) is 7.89. The Kier molecular flexibility index (Phi) is 7.34. The lowest BCUT2D eigenvalue weighted by molar-refractivity contribution is 0.0465. The zero-order chi connectivity index (χ0) is 14.9. The van der Waals surface area contributed by atoms with E-state index in [1.54, 1.807) is 11.8 Å². The standard InChI is InChI=1S/C18H26O2S/c1-15(9-11-17-7-3-5-13-19-17)21-16(2)10-12-18-8-4-6-14-20-18/h9-12,17-18H,1-8,13-14H2. The third-order valence-corrected chi connectivity index (χ3v) is 4.48. The molecule has 2 fully saturated rings. The van der Waals surface area contributed by atoms with E-state index in [1.807, 2.05) is 0 Å². The monoisotopic (exact) mass is 306 g/mol. The maximum atomic E-state index is 5.67. The highest BCUT2D eigenvalue weighted by Gasteiger charge is 2.11. The van der Waals surface area contributed by atoms with Gasteiger partial charge in [-0.3, -0.25) is 0 Å². The van der Waals surface area contributed by atoms with Gasteiger partial charge < -0.3 is 9.47 Å². The largest absolute Gasteiger partial charge is 0.374 e. The summed E-state index contributed by atoms with van der Waals surface area (Å²) < 4.78 is 11.3. The summed E-state index contributed by atoms with van der Waals surface area (Å²) in [6, 6.07) is 0. The zero-order valence-corrected chi connectivity index (χ0v) is 13.6. The summed E-state index contributed by atoms with van der Waals surface area (Å²) in [5.41, 5.74) is 0. The van der Waals surface area contributed by atoms with Gasteiger partial charge in [-0.15, -0.1) is 0 Å². The van der Waals surface area contributed by atoms with Crippen LogP contribution < -0.4 is 0 Å². The van der Waals surface area contributed by atoms with Crippen LogP contribution >= 0.6 is 11.8 Å². The minimum absolute atomic E-state index is 0.260. The number of hydrogen-bond acceptors (Lipinski definition) is 3. The Morgan fingerprint density at radius 2 is 1.29 bits per heavy atom. The summed E-state index contributed by atoms with van der Waals surface area (Å²) in [4.78, 5) is 2.01. The maximum Gasteiger partial charge on any atom is 0.0759 e. The van der Waals surface area contributed by atoms with Crippen LogP contribution in [0.25, 0.3) is 0 Å². The predicted molar refractivity (Wildman–Crippen MR) is 91.3 cm³/mol. The van der Waals surface area contributed by atoms with Gasteiger partial charge in [0, 0.05) is 23.0 Å². The third-order valence-electron chi connectivity index (χ3n) is 3.69. The number of rotatable bonds is 6. The van der Waals surface area contributed by atoms with Crippen LogP contribution in [0.5, 0.6) is 0 Å². The topological polar surface area (TPSA) is 18.5 Å². The van der Waals surface area contributed by atoms with Crippen LogP contribution in [0.1, 0.15) is 38.5 Å². The van der Waals surface area contributed by atoms with Crippen molar-refractivity contribution in [3.8, 4) is 0 Å². The van der Waals surface area contributed by atoms with Crippen LogP contribution in [0.3, 0.4) is 0 Å². The highest BCUT2D eigenvalue weighted by molar-refractivity contribution is 8.07. The molecular formula is C18H26O2S. The second-order valence-electron chi connectivity index (χ2n) is 5.56. The molecule has 2 nitrogen and oxygen atoms in total. The van der Waals surface area contributed by atoms with E-state index >= 15 is 0 Å². The van der Waals surface area contributed by atoms with E-state index in [2.05, 4.69) is 37.5 Å². The molecule has 21 heavy (non-hydrogen) atoms. The summed E-state index contributed by atoms with van der Waals surface area (Å²) in [6.07, 6.45) is 16.0. The van der Waals surface area contributed by atoms with Crippen molar-refractivity contribution in [3.63, 3.8) is 0 Å². The Labute approximate surface area is 133 Å². The van der Waals surface area contributed by atoms with Crippen LogP contribution in [-0.4, -0.2) is 25.4 Å². The van der Waals surface area contributed by atoms with Crippen molar-refractivity contribution < 1.29 is 9.47 Å². The van der Waals surface area contributed by atoms with Crippen LogP contribution in [-0.2, 0) is 9.47 Å². The molecule has 0 aromatic heterocycles. The van der Waals surface area contributed by atoms with Gasteiger partial charge in [0.05, 0.1) is 12.2 Å². The van der Waals surface area contributed by atoms with Gasteiger partial charge in [0.2, 0.25) is 0 Å². The number of hydrogen-bond donors (Lipinski definition) is 0. The fourth-order valence-corrected chi connectivity index (χ4v) is 3.13. The van der Waals surface area contributed by atoms with E-state index in [0.29, 0.717) is 0 Å². The molecule has 0 aromatic carbocycles. The van der Waals surface area contributed by atoms with Gasteiger partial charge in [-0.2, -0.15) is 0 Å². The lowest BCUT2D eigenvalue weighted by Crippen LogP contribution is -2.16. The molecule has 0 N–H and O–H groups in total. The van der Waals surface area contributed by atoms with Crippen molar-refractivity contribution in [2.24, 2.45) is 0 Å². The quantitative estimate of drug-likeness (QED) is 0.644. The third kappa shape index (κ3) is 6.68. The number of allylic oxidation sites excluding steroid dienone is 2. The molecule has 0 bridgehead atoms. The Morgan fingerprint density at radius 3 is 1.67 bits per heavy atom. The van der Waals surface area contributed by atoms with Gasteiger partial charge in [-0.05, 0) is 38.5 Å². The fraction of sp³-hybridized carbons (Fsp3) is 0.556. The van der Waals surface area contributed by atoms with Crippen molar-refractivity contribution >= 4 is 11.8 Å². The molecule has 2 rings (SSSR count). The van der Waals surface area contributed by atoms with E-state index in [4.69, 9.17) is 9.47 Å². The zero-order valence-electron chi connectivity index (χ0n) is 12.8. The average Bonchev–Trinajstić information content (AvgIpc) is 2.53. The normalized spacial score (nSPS) is 27.2. The second-order valence-corrected chi connectivity index (χ2v) is 6.82. The van der Waals surface area contributed by atoms with Crippen LogP contribution in [0.15, 0.2) is 47.3 Å². The summed E-state index contributed by atoms with van der Waals surface area (Å²) in [7, 11) is 0. The number of thioether (sulfide) groups is 1. The minimum atomic E-state index is 0.260. The van der Waals surface area contributed by atoms with Crippen molar-refractivity contribution in [2.75, 3.05) is 13.2 Å². The van der Waals surface area contributed by atoms with Gasteiger partial charge in [0.1, 0.15) is 0 Å². The first-order valence-corrected chi connectivity index (χ1v) is 8.71. The van der Waals surface area contributed by atoms with Gasteiger partial charge >= 0.3 is 0 Å². The summed E-state index contributed by atoms with van der Waals surface area (Å²) in [6.45, 7) is 9.90. The average molecular weight is 306 g/mol. The lowest BCUT2D eigenvalue weighted by Gasteiger charge is -2.19. The molecule has 0 spiro atoms. The molecule has 2 heterocycles. The molecule has 2 aliphatic heterocycles. The molecule has 3 heteroatoms. The number of ether oxygens (including phenoxy) is 2. The maximum absolute atomic E-state index is 5.67. The van der Waals surface area contributed by atoms with Gasteiger partial charge in [0.25, 0.3) is 0 Å². The first kappa shape index (κ1) is 16.6. The van der Waals surface area contributed by atoms with Crippen LogP contribution in [0, 0.1) is 0 Å². The molecule has 0 saturated carbocycles. The Bertz CT molecular complexity index is 361. The molecule has 2 saturated heterocycles. The van der Waals surface area contributed by atoms with Crippen molar-refractivity contribution in [2.45, 2.75) is 50.7 Å². The van der Waals surface area contributed by atoms with Crippen LogP contribution in [0.2, 0.25) is 0 Å². The molecule has 2 atom stereocenters. The highest BCUT2D eigenvalue weighted by Crippen LogP contribution is 2.26. The molecule has 0 aliphatic carbocycles. The Morgan fingerprint density at radius 1 is 0.810 bits per heavy atom. The predicted octanol–water partition coefficient (Wildman–Crippen LogP) is 5.00. The van der Waals surface area contributed by atoms with Crippen LogP contribution in [0.4, 0.5) is 0 Å². The highest BCUT2D eigenvalue weighted by atomic mass is 32.2. The van der Waals surface area contributed by atoms with Crippen molar-refractivity contribution in [1.29, 1.82) is 0 Å². The lowest BCUT2D eigenvalue weighted by atomic mass is 10.1. The molecule has 2 unspecified atom stereocenters. The summed E-state index contributed by atoms with van der Waals surface area (Å²) in [5, 5.41) is 0. The molecule has 0 aromatic rings. The van der Waals surface area contributed by atoms with Crippen molar-refractivity contribution in [1.82, 2.24) is 0 Å². The smallest absolute Gasteiger partial charge is 0.0759 e. The summed E-state index contributed by atoms with van der Waals surface area (Å²) >= 11 is 1.60. The molecule has 0 radical (unpaired) electrons. The molecule has 2 aliphatic rings. The van der Waals surface area contributed by atoms with Gasteiger partial charge in [0.15, 0.2) is 0 Å². The van der Waals surface area contributed by atoms with Gasteiger partial charge in [-0.1, -0.05) is 49.2 Å². The van der Waals surface area contributed by atoms with Crippen molar-refractivity contribution in [3.05, 3.63) is 47.3 Å². The molecule has 0 amide bonds. The van der Waals surface area contributed by atoms with E-state index in [-0.39, 0.29) is 12.2 Å². The van der Waals surface area contributed by atoms with E-state index in [1.165, 1.54) is 25.7 Å². The van der Waals surface area contributed by atoms with Gasteiger partial charge in [-0.25, -0.2) is 0 Å². The SMILES string of the molecule is C=C(C=CC1CCCCO1)SC(=C)C=CC1CCCCO1. The first-order chi connectivity index (χ1) is 10.2. The Balaban J connectivity index is 1.69. The second kappa shape index (κ2) is 9.29.